The Morgan fingerprint density at radius 3 is 2.22 bits per heavy atom. The molecule has 172 valence electrons. The topological polar surface area (TPSA) is 48.1 Å². The lowest BCUT2D eigenvalue weighted by Crippen LogP contribution is -2.56. The Kier molecular flexibility index (Phi) is 6.45. The molecule has 6 nitrogen and oxygen atoms in total. The third-order valence-electron chi connectivity index (χ3n) is 7.58. The number of carbonyl (C=O) groups is 1. The van der Waals surface area contributed by atoms with Gasteiger partial charge < -0.3 is 19.9 Å². The SMILES string of the molecule is CNCN1C(=O)N(Cc2ccc(OC)cc2)C[C@]12CC[C@](c1ccccc1)(N(C)C)CC2. The molecule has 1 saturated carbocycles. The van der Waals surface area contributed by atoms with Gasteiger partial charge in [0.1, 0.15) is 5.75 Å². The van der Waals surface area contributed by atoms with Crippen LogP contribution < -0.4 is 10.1 Å². The Bertz CT molecular complexity index is 905. The van der Waals surface area contributed by atoms with Crippen molar-refractivity contribution in [3.05, 3.63) is 65.7 Å². The second kappa shape index (κ2) is 9.12. The molecule has 1 N–H and O–H groups in total. The van der Waals surface area contributed by atoms with Crippen LogP contribution in [0.1, 0.15) is 36.8 Å². The smallest absolute Gasteiger partial charge is 0.321 e. The summed E-state index contributed by atoms with van der Waals surface area (Å²) in [6.07, 6.45) is 4.06. The number of benzene rings is 2. The van der Waals surface area contributed by atoms with E-state index in [0.717, 1.165) is 43.5 Å². The first kappa shape index (κ1) is 22.6. The van der Waals surface area contributed by atoms with Crippen LogP contribution in [-0.4, -0.2) is 67.7 Å². The molecule has 2 fully saturated rings. The minimum atomic E-state index is -0.124. The first-order valence-electron chi connectivity index (χ1n) is 11.5. The largest absolute Gasteiger partial charge is 0.497 e. The molecule has 0 radical (unpaired) electrons. The van der Waals surface area contributed by atoms with Crippen molar-refractivity contribution >= 4 is 6.03 Å². The number of nitrogens with zero attached hydrogens (tertiary/aromatic N) is 3. The Morgan fingerprint density at radius 1 is 1.00 bits per heavy atom. The molecule has 1 heterocycles. The van der Waals surface area contributed by atoms with Crippen molar-refractivity contribution in [3.8, 4) is 5.75 Å². The first-order chi connectivity index (χ1) is 15.4. The van der Waals surface area contributed by atoms with Crippen molar-refractivity contribution in [2.45, 2.75) is 43.3 Å². The van der Waals surface area contributed by atoms with Crippen LogP contribution in [0.4, 0.5) is 4.79 Å². The lowest BCUT2D eigenvalue weighted by molar-refractivity contribution is 0.0229. The lowest BCUT2D eigenvalue weighted by atomic mass is 9.68. The van der Waals surface area contributed by atoms with E-state index in [1.807, 2.05) is 36.2 Å². The summed E-state index contributed by atoms with van der Waals surface area (Å²) in [6.45, 7) is 1.98. The third kappa shape index (κ3) is 3.97. The molecule has 2 aromatic rings. The normalized spacial score (nSPS) is 25.7. The molecule has 1 spiro atoms. The van der Waals surface area contributed by atoms with E-state index in [-0.39, 0.29) is 17.1 Å². The van der Waals surface area contributed by atoms with E-state index in [4.69, 9.17) is 4.74 Å². The number of nitrogens with one attached hydrogen (secondary N) is 1. The second-order valence-electron chi connectivity index (χ2n) is 9.44. The van der Waals surface area contributed by atoms with Crippen molar-refractivity contribution in [3.63, 3.8) is 0 Å². The van der Waals surface area contributed by atoms with Crippen LogP contribution in [-0.2, 0) is 12.1 Å². The fourth-order valence-corrected chi connectivity index (χ4v) is 5.65. The van der Waals surface area contributed by atoms with Crippen LogP contribution in [0.25, 0.3) is 0 Å². The molecular formula is C26H36N4O2. The third-order valence-corrected chi connectivity index (χ3v) is 7.58. The van der Waals surface area contributed by atoms with E-state index in [9.17, 15) is 4.79 Å². The summed E-state index contributed by atoms with van der Waals surface area (Å²) in [5.74, 6) is 0.836. The molecule has 4 rings (SSSR count). The zero-order chi connectivity index (χ0) is 22.8. The average Bonchev–Trinajstić information content (AvgIpc) is 3.06. The van der Waals surface area contributed by atoms with E-state index < -0.39 is 0 Å². The summed E-state index contributed by atoms with van der Waals surface area (Å²) in [5.41, 5.74) is 2.40. The summed E-state index contributed by atoms with van der Waals surface area (Å²) in [5, 5.41) is 3.24. The highest BCUT2D eigenvalue weighted by molar-refractivity contribution is 5.78. The molecule has 2 aliphatic rings. The Hall–Kier alpha value is -2.57. The minimum Gasteiger partial charge on any atom is -0.497 e. The Balaban J connectivity index is 1.55. The number of hydrogen-bond donors (Lipinski definition) is 1. The van der Waals surface area contributed by atoms with Gasteiger partial charge in [-0.1, -0.05) is 42.5 Å². The molecule has 6 heteroatoms. The van der Waals surface area contributed by atoms with E-state index in [2.05, 4.69) is 59.5 Å². The van der Waals surface area contributed by atoms with E-state index >= 15 is 0 Å². The second-order valence-corrected chi connectivity index (χ2v) is 9.44. The van der Waals surface area contributed by atoms with Crippen molar-refractivity contribution in [1.29, 1.82) is 0 Å². The summed E-state index contributed by atoms with van der Waals surface area (Å²) in [7, 11) is 7.97. The van der Waals surface area contributed by atoms with E-state index in [1.165, 1.54) is 5.56 Å². The highest BCUT2D eigenvalue weighted by Crippen LogP contribution is 2.48. The van der Waals surface area contributed by atoms with Gasteiger partial charge in [0.25, 0.3) is 0 Å². The zero-order valence-electron chi connectivity index (χ0n) is 19.8. The van der Waals surface area contributed by atoms with Crippen molar-refractivity contribution in [1.82, 2.24) is 20.0 Å². The Morgan fingerprint density at radius 2 is 1.66 bits per heavy atom. The summed E-state index contributed by atoms with van der Waals surface area (Å²) >= 11 is 0. The van der Waals surface area contributed by atoms with Gasteiger partial charge in [0.2, 0.25) is 0 Å². The Labute approximate surface area is 192 Å². The molecular weight excluding hydrogens is 400 g/mol. The summed E-state index contributed by atoms with van der Waals surface area (Å²) in [4.78, 5) is 19.9. The van der Waals surface area contributed by atoms with Gasteiger partial charge in [-0.25, -0.2) is 4.79 Å². The zero-order valence-corrected chi connectivity index (χ0v) is 19.8. The predicted molar refractivity (Wildman–Crippen MR) is 128 cm³/mol. The molecule has 0 aromatic heterocycles. The molecule has 2 aromatic carbocycles. The molecule has 32 heavy (non-hydrogen) atoms. The monoisotopic (exact) mass is 436 g/mol. The number of urea groups is 1. The number of methoxy groups -OCH3 is 1. The fraction of sp³-hybridized carbons (Fsp3) is 0.500. The highest BCUT2D eigenvalue weighted by Gasteiger charge is 2.54. The van der Waals surface area contributed by atoms with E-state index in [1.54, 1.807) is 7.11 Å². The van der Waals surface area contributed by atoms with Gasteiger partial charge in [-0.15, -0.1) is 0 Å². The van der Waals surface area contributed by atoms with Gasteiger partial charge >= 0.3 is 6.03 Å². The lowest BCUT2D eigenvalue weighted by Gasteiger charge is -2.51. The van der Waals surface area contributed by atoms with Crippen LogP contribution >= 0.6 is 0 Å². The van der Waals surface area contributed by atoms with Crippen LogP contribution in [0.5, 0.6) is 5.75 Å². The number of rotatable bonds is 7. The quantitative estimate of drug-likeness (QED) is 0.716. The summed E-state index contributed by atoms with van der Waals surface area (Å²) < 4.78 is 5.27. The van der Waals surface area contributed by atoms with Gasteiger partial charge in [0.05, 0.1) is 19.3 Å². The van der Waals surface area contributed by atoms with Crippen molar-refractivity contribution < 1.29 is 9.53 Å². The number of amides is 2. The van der Waals surface area contributed by atoms with Crippen molar-refractivity contribution in [2.75, 3.05) is 41.5 Å². The van der Waals surface area contributed by atoms with Gasteiger partial charge in [-0.3, -0.25) is 4.90 Å². The standard InChI is InChI=1S/C26H36N4O2/c1-27-20-30-24(31)29(18-21-10-12-23(32-4)13-11-21)19-25(30)14-16-26(17-15-25,28(2)3)22-8-6-5-7-9-22/h5-13,27H,14-20H2,1-4H3/t25-,26+. The molecule has 1 aliphatic heterocycles. The van der Waals surface area contributed by atoms with Crippen LogP contribution in [0.3, 0.4) is 0 Å². The molecule has 0 atom stereocenters. The van der Waals surface area contributed by atoms with Crippen LogP contribution in [0, 0.1) is 0 Å². The fourth-order valence-electron chi connectivity index (χ4n) is 5.65. The maximum Gasteiger partial charge on any atom is 0.321 e. The van der Waals surface area contributed by atoms with Crippen molar-refractivity contribution in [2.24, 2.45) is 0 Å². The maximum absolute atomic E-state index is 13.4. The minimum absolute atomic E-state index is 0.0181. The summed E-state index contributed by atoms with van der Waals surface area (Å²) in [6, 6.07) is 19.0. The number of ether oxygens (including phenoxy) is 1. The van der Waals surface area contributed by atoms with Crippen LogP contribution in [0.15, 0.2) is 54.6 Å². The molecule has 1 aliphatic carbocycles. The number of hydrogen-bond acceptors (Lipinski definition) is 4. The van der Waals surface area contributed by atoms with Gasteiger partial charge in [0, 0.05) is 18.6 Å². The first-order valence-corrected chi connectivity index (χ1v) is 11.5. The maximum atomic E-state index is 13.4. The predicted octanol–water partition coefficient (Wildman–Crippen LogP) is 3.88. The molecule has 0 bridgehead atoms. The van der Waals surface area contributed by atoms with Gasteiger partial charge in [-0.2, -0.15) is 0 Å². The average molecular weight is 437 g/mol. The number of carbonyl (C=O) groups excluding carboxylic acids is 1. The molecule has 1 saturated heterocycles. The highest BCUT2D eigenvalue weighted by atomic mass is 16.5. The van der Waals surface area contributed by atoms with E-state index in [0.29, 0.717) is 13.2 Å². The van der Waals surface area contributed by atoms with Gasteiger partial charge in [0.15, 0.2) is 0 Å². The van der Waals surface area contributed by atoms with Gasteiger partial charge in [-0.05, 0) is 70.1 Å². The molecule has 2 amide bonds. The molecule has 0 unspecified atom stereocenters. The van der Waals surface area contributed by atoms with Crippen LogP contribution in [0.2, 0.25) is 0 Å².